The van der Waals surface area contributed by atoms with Crippen molar-refractivity contribution in [1.82, 2.24) is 0 Å². The van der Waals surface area contributed by atoms with Crippen molar-refractivity contribution >= 4 is 14.5 Å². The summed E-state index contributed by atoms with van der Waals surface area (Å²) in [6.07, 6.45) is 8.30. The van der Waals surface area contributed by atoms with Gasteiger partial charge in [-0.3, -0.25) is 0 Å². The highest BCUT2D eigenvalue weighted by Gasteiger charge is 2.28. The SMILES string of the molecule is C[P+](C)(CCCC[P+](C)(C)Cc1ccccc1)Cc1ccccc1.[Cl-].[Cl-]. The average Bonchev–Trinajstić information content (AvgIpc) is 2.53. The van der Waals surface area contributed by atoms with Crippen LogP contribution in [0.3, 0.4) is 0 Å². The maximum Gasteiger partial charge on any atom is 0.0837 e. The first kappa shape index (κ1) is 25.9. The van der Waals surface area contributed by atoms with E-state index in [0.29, 0.717) is 0 Å². The molecule has 146 valence electrons. The van der Waals surface area contributed by atoms with Crippen LogP contribution < -0.4 is 24.8 Å². The molecule has 0 spiro atoms. The molecule has 2 aromatic rings. The fraction of sp³-hybridized carbons (Fsp3) is 0.455. The lowest BCUT2D eigenvalue weighted by atomic mass is 10.2. The van der Waals surface area contributed by atoms with Crippen molar-refractivity contribution in [3.63, 3.8) is 0 Å². The summed E-state index contributed by atoms with van der Waals surface area (Å²) < 4.78 is 0. The van der Waals surface area contributed by atoms with Crippen molar-refractivity contribution in [3.8, 4) is 0 Å². The van der Waals surface area contributed by atoms with Crippen molar-refractivity contribution in [3.05, 3.63) is 71.8 Å². The van der Waals surface area contributed by atoms with Crippen LogP contribution >= 0.6 is 14.5 Å². The summed E-state index contributed by atoms with van der Waals surface area (Å²) in [6.45, 7) is 10.1. The van der Waals surface area contributed by atoms with Crippen LogP contribution in [0, 0.1) is 0 Å². The van der Waals surface area contributed by atoms with Crippen molar-refractivity contribution in [2.75, 3.05) is 39.0 Å². The standard InChI is InChI=1S/C22H34P2.2ClH/c1-23(2,19-21-13-7-5-8-14-21)17-11-12-18-24(3,4)20-22-15-9-6-10-16-22;;/h5-10,13-16H,11-12,17-20H2,1-4H3;2*1H/q+2;;/p-2. The van der Waals surface area contributed by atoms with E-state index in [1.165, 1.54) is 48.6 Å². The quantitative estimate of drug-likeness (QED) is 0.406. The van der Waals surface area contributed by atoms with E-state index in [4.69, 9.17) is 0 Å². The molecule has 0 aliphatic heterocycles. The minimum Gasteiger partial charge on any atom is -1.00 e. The van der Waals surface area contributed by atoms with E-state index < -0.39 is 14.5 Å². The fourth-order valence-corrected chi connectivity index (χ4v) is 8.27. The molecule has 4 heteroatoms. The third kappa shape index (κ3) is 10.3. The van der Waals surface area contributed by atoms with Crippen LogP contribution in [0.25, 0.3) is 0 Å². The van der Waals surface area contributed by atoms with Gasteiger partial charge in [-0.25, -0.2) is 0 Å². The number of halogens is 2. The number of rotatable bonds is 9. The van der Waals surface area contributed by atoms with Crippen LogP contribution in [0.4, 0.5) is 0 Å². The molecular weight excluding hydrogens is 397 g/mol. The summed E-state index contributed by atoms with van der Waals surface area (Å²) >= 11 is 0. The maximum atomic E-state index is 2.53. The Kier molecular flexibility index (Phi) is 12.3. The lowest BCUT2D eigenvalue weighted by Gasteiger charge is -2.21. The molecule has 2 aromatic carbocycles. The number of hydrogen-bond acceptors (Lipinski definition) is 0. The van der Waals surface area contributed by atoms with E-state index in [9.17, 15) is 0 Å². The van der Waals surface area contributed by atoms with Crippen LogP contribution in [0.2, 0.25) is 0 Å². The number of hydrogen-bond donors (Lipinski definition) is 0. The predicted octanol–water partition coefficient (Wildman–Crippen LogP) is 0.729. The van der Waals surface area contributed by atoms with Crippen molar-refractivity contribution in [2.24, 2.45) is 0 Å². The van der Waals surface area contributed by atoms with Gasteiger partial charge in [0.25, 0.3) is 0 Å². The van der Waals surface area contributed by atoms with E-state index in [2.05, 4.69) is 87.3 Å². The molecule has 0 unspecified atom stereocenters. The van der Waals surface area contributed by atoms with Crippen LogP contribution in [-0.4, -0.2) is 39.0 Å². The van der Waals surface area contributed by atoms with E-state index in [-0.39, 0.29) is 24.8 Å². The molecule has 0 amide bonds. The number of unbranched alkanes of at least 4 members (excludes halogenated alkanes) is 1. The van der Waals surface area contributed by atoms with Gasteiger partial charge >= 0.3 is 0 Å². The molecule has 0 aromatic heterocycles. The van der Waals surface area contributed by atoms with Gasteiger partial charge < -0.3 is 24.8 Å². The Bertz CT molecular complexity index is 543. The van der Waals surface area contributed by atoms with Gasteiger partial charge in [0.15, 0.2) is 0 Å². The monoisotopic (exact) mass is 430 g/mol. The minimum atomic E-state index is -0.801. The molecule has 0 atom stereocenters. The van der Waals surface area contributed by atoms with Gasteiger partial charge in [0, 0.05) is 41.2 Å². The molecular formula is C22H34Cl2P2. The van der Waals surface area contributed by atoms with Gasteiger partial charge in [0.05, 0.1) is 24.6 Å². The normalized spacial score (nSPS) is 11.4. The summed E-state index contributed by atoms with van der Waals surface area (Å²) in [4.78, 5) is 0. The van der Waals surface area contributed by atoms with Gasteiger partial charge in [0.2, 0.25) is 0 Å². The smallest absolute Gasteiger partial charge is 0.0837 e. The molecule has 0 radical (unpaired) electrons. The predicted molar refractivity (Wildman–Crippen MR) is 117 cm³/mol. The molecule has 0 saturated carbocycles. The van der Waals surface area contributed by atoms with Crippen LogP contribution in [-0.2, 0) is 12.3 Å². The zero-order valence-electron chi connectivity index (χ0n) is 16.7. The minimum absolute atomic E-state index is 0. The second-order valence-electron chi connectivity index (χ2n) is 8.31. The Morgan fingerprint density at radius 1 is 0.538 bits per heavy atom. The zero-order chi connectivity index (χ0) is 17.5. The topological polar surface area (TPSA) is 0 Å². The molecule has 0 nitrogen and oxygen atoms in total. The molecule has 0 bridgehead atoms. The lowest BCUT2D eigenvalue weighted by Crippen LogP contribution is -3.00. The van der Waals surface area contributed by atoms with E-state index in [1.807, 2.05) is 0 Å². The highest BCUT2D eigenvalue weighted by molar-refractivity contribution is 7.74. The van der Waals surface area contributed by atoms with Gasteiger partial charge in [-0.05, 0) is 24.0 Å². The van der Waals surface area contributed by atoms with Crippen LogP contribution in [0.15, 0.2) is 60.7 Å². The van der Waals surface area contributed by atoms with E-state index in [0.717, 1.165) is 0 Å². The van der Waals surface area contributed by atoms with Gasteiger partial charge in [0.1, 0.15) is 0 Å². The Morgan fingerprint density at radius 2 is 0.846 bits per heavy atom. The number of benzene rings is 2. The van der Waals surface area contributed by atoms with Crippen LogP contribution in [0.5, 0.6) is 0 Å². The molecule has 0 saturated heterocycles. The summed E-state index contributed by atoms with van der Waals surface area (Å²) in [5, 5.41) is 0. The first-order valence-electron chi connectivity index (χ1n) is 9.08. The van der Waals surface area contributed by atoms with E-state index >= 15 is 0 Å². The van der Waals surface area contributed by atoms with Gasteiger partial charge in [-0.2, -0.15) is 0 Å². The molecule has 2 rings (SSSR count). The molecule has 0 N–H and O–H groups in total. The summed E-state index contributed by atoms with van der Waals surface area (Å²) in [5.41, 5.74) is 3.04. The molecule has 26 heavy (non-hydrogen) atoms. The zero-order valence-corrected chi connectivity index (χ0v) is 20.0. The Balaban J connectivity index is 0.00000312. The molecule has 0 aliphatic rings. The summed E-state index contributed by atoms with van der Waals surface area (Å²) in [7, 11) is -1.60. The second-order valence-corrected chi connectivity index (χ2v) is 17.6. The molecule has 0 heterocycles. The van der Waals surface area contributed by atoms with Crippen molar-refractivity contribution in [2.45, 2.75) is 25.2 Å². The lowest BCUT2D eigenvalue weighted by molar-refractivity contribution is -0.001000. The third-order valence-corrected chi connectivity index (χ3v) is 10.2. The highest BCUT2D eigenvalue weighted by atomic mass is 35.5. The summed E-state index contributed by atoms with van der Waals surface area (Å²) in [6, 6.07) is 22.1. The van der Waals surface area contributed by atoms with Crippen molar-refractivity contribution < 1.29 is 24.8 Å². The van der Waals surface area contributed by atoms with Gasteiger partial charge in [-0.15, -0.1) is 0 Å². The molecule has 0 aliphatic carbocycles. The first-order chi connectivity index (χ1) is 11.4. The average molecular weight is 431 g/mol. The Labute approximate surface area is 175 Å². The maximum absolute atomic E-state index is 2.53. The highest BCUT2D eigenvalue weighted by Crippen LogP contribution is 2.57. The molecule has 0 fully saturated rings. The van der Waals surface area contributed by atoms with Gasteiger partial charge in [-0.1, -0.05) is 60.7 Å². The van der Waals surface area contributed by atoms with E-state index in [1.54, 1.807) is 0 Å². The second kappa shape index (κ2) is 12.4. The largest absolute Gasteiger partial charge is 1.00 e. The van der Waals surface area contributed by atoms with Crippen molar-refractivity contribution in [1.29, 1.82) is 0 Å². The fourth-order valence-electron chi connectivity index (χ4n) is 3.39. The van der Waals surface area contributed by atoms with Crippen LogP contribution in [0.1, 0.15) is 24.0 Å². The first-order valence-corrected chi connectivity index (χ1v) is 15.2. The Morgan fingerprint density at radius 3 is 1.15 bits per heavy atom. The third-order valence-electron chi connectivity index (χ3n) is 4.68. The Hall–Kier alpha value is -0.120. The summed E-state index contributed by atoms with van der Waals surface area (Å²) in [5.74, 6) is 0.